The Kier molecular flexibility index (Phi) is 5.09. The normalized spacial score (nSPS) is 10.5. The molecule has 0 atom stereocenters. The monoisotopic (exact) mass is 289 g/mol. The van der Waals surface area contributed by atoms with E-state index >= 15 is 0 Å². The van der Waals surface area contributed by atoms with Crippen LogP contribution < -0.4 is 10.1 Å². The van der Waals surface area contributed by atoms with Crippen molar-refractivity contribution in [3.63, 3.8) is 0 Å². The first-order valence-electron chi connectivity index (χ1n) is 7.18. The number of halogens is 1. The largest absolute Gasteiger partial charge is 0.438 e. The van der Waals surface area contributed by atoms with E-state index in [4.69, 9.17) is 4.74 Å². The zero-order chi connectivity index (χ0) is 15.2. The van der Waals surface area contributed by atoms with Gasteiger partial charge in [-0.3, -0.25) is 0 Å². The first kappa shape index (κ1) is 15.2. The molecule has 2 rings (SSSR count). The summed E-state index contributed by atoms with van der Waals surface area (Å²) < 4.78 is 19.0. The predicted molar refractivity (Wildman–Crippen MR) is 81.4 cm³/mol. The molecule has 21 heavy (non-hydrogen) atoms. The van der Waals surface area contributed by atoms with Crippen LogP contribution in [0.25, 0.3) is 0 Å². The number of hydrogen-bond donors (Lipinski definition) is 1. The van der Waals surface area contributed by atoms with Gasteiger partial charge in [0.2, 0.25) is 5.88 Å². The second-order valence-corrected chi connectivity index (χ2v) is 4.80. The number of anilines is 1. The lowest BCUT2D eigenvalue weighted by atomic mass is 10.2. The van der Waals surface area contributed by atoms with Crippen molar-refractivity contribution < 1.29 is 9.13 Å². The number of aromatic nitrogens is 2. The summed E-state index contributed by atoms with van der Waals surface area (Å²) in [5.74, 6) is 1.99. The number of nitrogens with zero attached hydrogens (tertiary/aromatic N) is 2. The Morgan fingerprint density at radius 2 is 2.00 bits per heavy atom. The highest BCUT2D eigenvalue weighted by Crippen LogP contribution is 2.26. The van der Waals surface area contributed by atoms with E-state index in [-0.39, 0.29) is 5.82 Å². The van der Waals surface area contributed by atoms with E-state index in [0.29, 0.717) is 23.9 Å². The molecule has 0 saturated carbocycles. The van der Waals surface area contributed by atoms with Gasteiger partial charge >= 0.3 is 0 Å². The molecule has 0 unspecified atom stereocenters. The zero-order valence-electron chi connectivity index (χ0n) is 12.6. The maximum absolute atomic E-state index is 13.3. The van der Waals surface area contributed by atoms with Crippen LogP contribution in [-0.2, 0) is 6.42 Å². The van der Waals surface area contributed by atoms with Crippen molar-refractivity contribution in [1.29, 1.82) is 0 Å². The van der Waals surface area contributed by atoms with Crippen molar-refractivity contribution in [2.45, 2.75) is 33.6 Å². The molecule has 0 spiro atoms. The average molecular weight is 289 g/mol. The van der Waals surface area contributed by atoms with Crippen LogP contribution in [0.5, 0.6) is 11.6 Å². The molecule has 0 aliphatic heterocycles. The van der Waals surface area contributed by atoms with Crippen LogP contribution in [0.15, 0.2) is 24.3 Å². The Bertz CT molecular complexity index is 616. The lowest BCUT2D eigenvalue weighted by molar-refractivity contribution is 0.451. The van der Waals surface area contributed by atoms with Gasteiger partial charge in [0.25, 0.3) is 0 Å². The van der Waals surface area contributed by atoms with Crippen molar-refractivity contribution >= 4 is 5.82 Å². The smallest absolute Gasteiger partial charge is 0.224 e. The van der Waals surface area contributed by atoms with E-state index in [1.165, 1.54) is 12.1 Å². The highest BCUT2D eigenvalue weighted by molar-refractivity contribution is 5.41. The van der Waals surface area contributed by atoms with Crippen LogP contribution in [0.4, 0.5) is 10.2 Å². The number of hydrogen-bond acceptors (Lipinski definition) is 4. The molecule has 1 aromatic carbocycles. The fourth-order valence-electron chi connectivity index (χ4n) is 1.82. The van der Waals surface area contributed by atoms with Crippen molar-refractivity contribution in [2.75, 3.05) is 11.9 Å². The summed E-state index contributed by atoms with van der Waals surface area (Å²) >= 11 is 0. The van der Waals surface area contributed by atoms with E-state index in [2.05, 4.69) is 22.2 Å². The molecule has 0 amide bonds. The Balaban J connectivity index is 2.27. The summed E-state index contributed by atoms with van der Waals surface area (Å²) in [5, 5.41) is 3.22. The molecular formula is C16H20FN3O. The third-order valence-electron chi connectivity index (χ3n) is 2.99. The maximum atomic E-state index is 13.3. The topological polar surface area (TPSA) is 47.0 Å². The van der Waals surface area contributed by atoms with Gasteiger partial charge in [0.1, 0.15) is 23.2 Å². The number of ether oxygens (including phenoxy) is 1. The summed E-state index contributed by atoms with van der Waals surface area (Å²) in [5.41, 5.74) is 0.858. The van der Waals surface area contributed by atoms with Crippen LogP contribution >= 0.6 is 0 Å². The van der Waals surface area contributed by atoms with Crippen LogP contribution in [0, 0.1) is 12.7 Å². The molecule has 0 radical (unpaired) electrons. The van der Waals surface area contributed by atoms with Gasteiger partial charge in [-0.05, 0) is 25.0 Å². The fraction of sp³-hybridized carbons (Fsp3) is 0.375. The highest BCUT2D eigenvalue weighted by atomic mass is 19.1. The van der Waals surface area contributed by atoms with Crippen molar-refractivity contribution in [1.82, 2.24) is 9.97 Å². The first-order valence-corrected chi connectivity index (χ1v) is 7.18. The van der Waals surface area contributed by atoms with Crippen LogP contribution in [0.3, 0.4) is 0 Å². The molecule has 1 aromatic heterocycles. The van der Waals surface area contributed by atoms with E-state index in [9.17, 15) is 4.39 Å². The molecule has 0 aliphatic carbocycles. The fourth-order valence-corrected chi connectivity index (χ4v) is 1.82. The molecule has 1 N–H and O–H groups in total. The summed E-state index contributed by atoms with van der Waals surface area (Å²) in [6.07, 6.45) is 1.71. The summed E-state index contributed by atoms with van der Waals surface area (Å²) in [4.78, 5) is 8.72. The predicted octanol–water partition coefficient (Wildman–Crippen LogP) is 4.10. The molecule has 0 fully saturated rings. The average Bonchev–Trinajstić information content (AvgIpc) is 2.48. The summed E-state index contributed by atoms with van der Waals surface area (Å²) in [7, 11) is 0. The maximum Gasteiger partial charge on any atom is 0.224 e. The minimum absolute atomic E-state index is 0.329. The van der Waals surface area contributed by atoms with Gasteiger partial charge in [0.15, 0.2) is 0 Å². The van der Waals surface area contributed by atoms with E-state index in [1.807, 2.05) is 13.8 Å². The molecule has 0 aliphatic rings. The third kappa shape index (κ3) is 4.15. The van der Waals surface area contributed by atoms with Gasteiger partial charge in [0, 0.05) is 25.1 Å². The molecular weight excluding hydrogens is 269 g/mol. The molecule has 112 valence electrons. The van der Waals surface area contributed by atoms with Gasteiger partial charge < -0.3 is 10.1 Å². The number of nitrogens with one attached hydrogen (secondary N) is 1. The van der Waals surface area contributed by atoms with Crippen molar-refractivity contribution in [2.24, 2.45) is 0 Å². The molecule has 0 bridgehead atoms. The van der Waals surface area contributed by atoms with Gasteiger partial charge in [-0.2, -0.15) is 4.98 Å². The lowest BCUT2D eigenvalue weighted by Gasteiger charge is -2.11. The molecule has 4 nitrogen and oxygen atoms in total. The Labute approximate surface area is 124 Å². The van der Waals surface area contributed by atoms with Gasteiger partial charge in [0.05, 0.1) is 0 Å². The number of aryl methyl sites for hydroxylation is 2. The zero-order valence-corrected chi connectivity index (χ0v) is 12.6. The Morgan fingerprint density at radius 1 is 1.19 bits per heavy atom. The number of benzene rings is 1. The van der Waals surface area contributed by atoms with Crippen molar-refractivity contribution in [3.8, 4) is 11.6 Å². The third-order valence-corrected chi connectivity index (χ3v) is 2.99. The molecule has 5 heteroatoms. The minimum atomic E-state index is -0.329. The SMILES string of the molecule is CCCNc1cc(Oc2cc(F)ccc2C)nc(CC)n1. The highest BCUT2D eigenvalue weighted by Gasteiger charge is 2.08. The minimum Gasteiger partial charge on any atom is -0.438 e. The summed E-state index contributed by atoms with van der Waals surface area (Å²) in [6.45, 7) is 6.77. The second kappa shape index (κ2) is 7.02. The second-order valence-electron chi connectivity index (χ2n) is 4.80. The molecule has 2 aromatic rings. The Hall–Kier alpha value is -2.17. The standard InChI is InChI=1S/C16H20FN3O/c1-4-8-18-15-10-16(20-14(5-2)19-15)21-13-9-12(17)7-6-11(13)3/h6-7,9-10H,4-5,8H2,1-3H3,(H,18,19,20). The van der Waals surface area contributed by atoms with Crippen LogP contribution in [-0.4, -0.2) is 16.5 Å². The molecule has 0 saturated heterocycles. The van der Waals surface area contributed by atoms with E-state index < -0.39 is 0 Å². The summed E-state index contributed by atoms with van der Waals surface area (Å²) in [6, 6.07) is 6.19. The molecule has 1 heterocycles. The van der Waals surface area contributed by atoms with Crippen LogP contribution in [0.1, 0.15) is 31.7 Å². The van der Waals surface area contributed by atoms with E-state index in [0.717, 1.165) is 24.3 Å². The Morgan fingerprint density at radius 3 is 2.71 bits per heavy atom. The van der Waals surface area contributed by atoms with Gasteiger partial charge in [-0.1, -0.05) is 19.9 Å². The van der Waals surface area contributed by atoms with Gasteiger partial charge in [-0.15, -0.1) is 0 Å². The van der Waals surface area contributed by atoms with Crippen molar-refractivity contribution in [3.05, 3.63) is 41.5 Å². The quantitative estimate of drug-likeness (QED) is 0.869. The number of rotatable bonds is 6. The van der Waals surface area contributed by atoms with E-state index in [1.54, 1.807) is 12.1 Å². The lowest BCUT2D eigenvalue weighted by Crippen LogP contribution is -2.05. The first-order chi connectivity index (χ1) is 10.1. The van der Waals surface area contributed by atoms with Gasteiger partial charge in [-0.25, -0.2) is 9.37 Å². The van der Waals surface area contributed by atoms with Crippen LogP contribution in [0.2, 0.25) is 0 Å².